The number of halogens is 1. The summed E-state index contributed by atoms with van der Waals surface area (Å²) < 4.78 is 0. The molecule has 1 aromatic rings. The Morgan fingerprint density at radius 2 is 1.79 bits per heavy atom. The lowest BCUT2D eigenvalue weighted by atomic mass is 9.96. The van der Waals surface area contributed by atoms with Gasteiger partial charge in [0, 0.05) is 12.6 Å². The van der Waals surface area contributed by atoms with E-state index in [1.165, 1.54) is 5.56 Å². The zero-order valence-corrected chi connectivity index (χ0v) is 16.4. The molecule has 0 aliphatic carbocycles. The van der Waals surface area contributed by atoms with Gasteiger partial charge >= 0.3 is 0 Å². The lowest BCUT2D eigenvalue weighted by Gasteiger charge is -2.31. The Morgan fingerprint density at radius 1 is 1.21 bits per heavy atom. The predicted molar refractivity (Wildman–Crippen MR) is 105 cm³/mol. The van der Waals surface area contributed by atoms with Gasteiger partial charge in [0.25, 0.3) is 0 Å². The van der Waals surface area contributed by atoms with Crippen LogP contribution in [0.2, 0.25) is 0 Å². The van der Waals surface area contributed by atoms with Gasteiger partial charge in [0.05, 0.1) is 5.54 Å². The molecule has 138 valence electrons. The highest BCUT2D eigenvalue weighted by molar-refractivity contribution is 5.85. The van der Waals surface area contributed by atoms with Crippen molar-refractivity contribution in [1.29, 1.82) is 0 Å². The molecule has 0 radical (unpaired) electrons. The number of likely N-dealkylation sites (N-methyl/N-ethyl adjacent to an activating group) is 1. The van der Waals surface area contributed by atoms with Crippen molar-refractivity contribution in [3.8, 4) is 0 Å². The van der Waals surface area contributed by atoms with Gasteiger partial charge in [-0.3, -0.25) is 9.69 Å². The molecule has 1 amide bonds. The summed E-state index contributed by atoms with van der Waals surface area (Å²) in [6.45, 7) is 10.8. The van der Waals surface area contributed by atoms with Crippen molar-refractivity contribution in [3.05, 3.63) is 35.9 Å². The first-order chi connectivity index (χ1) is 10.9. The Labute approximate surface area is 153 Å². The van der Waals surface area contributed by atoms with Gasteiger partial charge in [-0.15, -0.1) is 12.4 Å². The highest BCUT2D eigenvalue weighted by Crippen LogP contribution is 2.11. The van der Waals surface area contributed by atoms with E-state index < -0.39 is 5.54 Å². The molecular formula is C19H34ClN3O. The smallest absolute Gasteiger partial charge is 0.239 e. The lowest BCUT2D eigenvalue weighted by molar-refractivity contribution is -0.126. The van der Waals surface area contributed by atoms with Crippen LogP contribution in [-0.4, -0.2) is 42.0 Å². The number of nitrogens with two attached hydrogens (primary N) is 1. The molecule has 5 heteroatoms. The molecule has 0 heterocycles. The van der Waals surface area contributed by atoms with E-state index in [4.69, 9.17) is 5.73 Å². The Morgan fingerprint density at radius 3 is 2.29 bits per heavy atom. The number of nitrogens with one attached hydrogen (secondary N) is 1. The van der Waals surface area contributed by atoms with Gasteiger partial charge in [0.2, 0.25) is 5.91 Å². The number of amides is 1. The van der Waals surface area contributed by atoms with Crippen LogP contribution in [0.4, 0.5) is 0 Å². The number of carbonyl (C=O) groups excluding carboxylic acids is 1. The Kier molecular flexibility index (Phi) is 10.9. The average Bonchev–Trinajstić information content (AvgIpc) is 2.54. The van der Waals surface area contributed by atoms with Gasteiger partial charge in [-0.05, 0) is 38.4 Å². The standard InChI is InChI=1S/C19H33N3O.ClH/c1-5-13-19(4,20)18(23)21-15-17(22(6-2)7-3)14-16-11-9-8-10-12-16;/h8-12,17H,5-7,13-15,20H2,1-4H3,(H,21,23);1H. The third kappa shape index (κ3) is 7.20. The minimum atomic E-state index is -0.782. The minimum absolute atomic E-state index is 0. The zero-order chi connectivity index (χ0) is 17.3. The molecule has 0 saturated carbocycles. The molecule has 0 aliphatic rings. The van der Waals surface area contributed by atoms with Gasteiger partial charge in [0.1, 0.15) is 0 Å². The van der Waals surface area contributed by atoms with Crippen molar-refractivity contribution in [1.82, 2.24) is 10.2 Å². The van der Waals surface area contributed by atoms with Crippen LogP contribution in [0.1, 0.15) is 46.1 Å². The van der Waals surface area contributed by atoms with Crippen LogP contribution in [0.5, 0.6) is 0 Å². The number of rotatable bonds is 10. The molecule has 1 rings (SSSR count). The van der Waals surface area contributed by atoms with Gasteiger partial charge in [-0.1, -0.05) is 57.5 Å². The second kappa shape index (κ2) is 11.5. The second-order valence-electron chi connectivity index (χ2n) is 6.44. The molecule has 0 spiro atoms. The molecule has 2 atom stereocenters. The normalized spacial score (nSPS) is 14.6. The number of nitrogens with zero attached hydrogens (tertiary/aromatic N) is 1. The van der Waals surface area contributed by atoms with Crippen LogP contribution in [0.15, 0.2) is 30.3 Å². The van der Waals surface area contributed by atoms with Gasteiger partial charge in [0.15, 0.2) is 0 Å². The zero-order valence-electron chi connectivity index (χ0n) is 15.5. The van der Waals surface area contributed by atoms with Crippen molar-refractivity contribution < 1.29 is 4.79 Å². The molecule has 0 saturated heterocycles. The molecule has 2 unspecified atom stereocenters. The monoisotopic (exact) mass is 355 g/mol. The van der Waals surface area contributed by atoms with Crippen LogP contribution in [0.3, 0.4) is 0 Å². The Hall–Kier alpha value is -1.10. The number of hydrogen-bond acceptors (Lipinski definition) is 3. The highest BCUT2D eigenvalue weighted by Gasteiger charge is 2.28. The van der Waals surface area contributed by atoms with E-state index in [9.17, 15) is 4.79 Å². The summed E-state index contributed by atoms with van der Waals surface area (Å²) in [5.41, 5.74) is 6.64. The van der Waals surface area contributed by atoms with Crippen molar-refractivity contribution >= 4 is 18.3 Å². The fourth-order valence-electron chi connectivity index (χ4n) is 3.00. The SMILES string of the molecule is CCCC(C)(N)C(=O)NCC(Cc1ccccc1)N(CC)CC.Cl. The van der Waals surface area contributed by atoms with Crippen molar-refractivity contribution in [3.63, 3.8) is 0 Å². The van der Waals surface area contributed by atoms with Crippen LogP contribution < -0.4 is 11.1 Å². The van der Waals surface area contributed by atoms with Crippen LogP contribution in [0, 0.1) is 0 Å². The topological polar surface area (TPSA) is 58.4 Å². The average molecular weight is 356 g/mol. The summed E-state index contributed by atoms with van der Waals surface area (Å²) in [5, 5.41) is 3.07. The molecular weight excluding hydrogens is 322 g/mol. The highest BCUT2D eigenvalue weighted by atomic mass is 35.5. The maximum atomic E-state index is 12.4. The third-order valence-electron chi connectivity index (χ3n) is 4.43. The maximum Gasteiger partial charge on any atom is 0.239 e. The minimum Gasteiger partial charge on any atom is -0.353 e. The van der Waals surface area contributed by atoms with E-state index in [-0.39, 0.29) is 24.4 Å². The first-order valence-electron chi connectivity index (χ1n) is 8.79. The number of hydrogen-bond donors (Lipinski definition) is 2. The summed E-state index contributed by atoms with van der Waals surface area (Å²) in [6.07, 6.45) is 2.54. The molecule has 0 fully saturated rings. The van der Waals surface area contributed by atoms with E-state index in [1.54, 1.807) is 0 Å². The van der Waals surface area contributed by atoms with Crippen molar-refractivity contribution in [2.24, 2.45) is 5.73 Å². The largest absolute Gasteiger partial charge is 0.353 e. The summed E-state index contributed by atoms with van der Waals surface area (Å²) in [5.74, 6) is -0.0513. The maximum absolute atomic E-state index is 12.4. The molecule has 1 aromatic carbocycles. The summed E-state index contributed by atoms with van der Waals surface area (Å²) in [6, 6.07) is 10.7. The molecule has 3 N–H and O–H groups in total. The van der Waals surface area contributed by atoms with E-state index in [2.05, 4.69) is 48.3 Å². The van der Waals surface area contributed by atoms with Crippen LogP contribution in [-0.2, 0) is 11.2 Å². The van der Waals surface area contributed by atoms with Crippen LogP contribution >= 0.6 is 12.4 Å². The molecule has 0 aliphatic heterocycles. The van der Waals surface area contributed by atoms with E-state index in [0.717, 1.165) is 25.9 Å². The Balaban J connectivity index is 0.00000529. The third-order valence-corrected chi connectivity index (χ3v) is 4.43. The number of benzene rings is 1. The summed E-state index contributed by atoms with van der Waals surface area (Å²) in [4.78, 5) is 14.7. The lowest BCUT2D eigenvalue weighted by Crippen LogP contribution is -2.54. The molecule has 0 bridgehead atoms. The fourth-order valence-corrected chi connectivity index (χ4v) is 3.00. The van der Waals surface area contributed by atoms with Crippen LogP contribution in [0.25, 0.3) is 0 Å². The first kappa shape index (κ1) is 22.9. The predicted octanol–water partition coefficient (Wildman–Crippen LogP) is 3.00. The van der Waals surface area contributed by atoms with E-state index in [1.807, 2.05) is 19.9 Å². The first-order valence-corrected chi connectivity index (χ1v) is 8.79. The van der Waals surface area contributed by atoms with Gasteiger partial charge in [-0.25, -0.2) is 0 Å². The summed E-state index contributed by atoms with van der Waals surface area (Å²) >= 11 is 0. The Bertz CT molecular complexity index is 461. The van der Waals surface area contributed by atoms with E-state index in [0.29, 0.717) is 13.0 Å². The molecule has 24 heavy (non-hydrogen) atoms. The molecule has 4 nitrogen and oxygen atoms in total. The van der Waals surface area contributed by atoms with Crippen molar-refractivity contribution in [2.45, 2.75) is 58.5 Å². The molecule has 0 aromatic heterocycles. The van der Waals surface area contributed by atoms with Gasteiger partial charge in [-0.2, -0.15) is 0 Å². The number of carbonyl (C=O) groups is 1. The quantitative estimate of drug-likeness (QED) is 0.678. The van der Waals surface area contributed by atoms with Gasteiger partial charge < -0.3 is 11.1 Å². The summed E-state index contributed by atoms with van der Waals surface area (Å²) in [7, 11) is 0. The van der Waals surface area contributed by atoms with Crippen molar-refractivity contribution in [2.75, 3.05) is 19.6 Å². The fraction of sp³-hybridized carbons (Fsp3) is 0.632. The van der Waals surface area contributed by atoms with E-state index >= 15 is 0 Å². The second-order valence-corrected chi connectivity index (χ2v) is 6.44.